The van der Waals surface area contributed by atoms with Crippen molar-refractivity contribution in [2.75, 3.05) is 5.73 Å². The van der Waals surface area contributed by atoms with E-state index in [0.29, 0.717) is 17.0 Å². The fourth-order valence-corrected chi connectivity index (χ4v) is 1.00. The van der Waals surface area contributed by atoms with Gasteiger partial charge in [-0.05, 0) is 32.0 Å². The van der Waals surface area contributed by atoms with Gasteiger partial charge in [-0.2, -0.15) is 0 Å². The normalized spacial score (nSPS) is 10.1. The summed E-state index contributed by atoms with van der Waals surface area (Å²) in [5.74, 6) is 0.626. The number of hydrogen-bond donors (Lipinski definition) is 1. The Balaban J connectivity index is 2.91. The van der Waals surface area contributed by atoms with E-state index in [1.54, 1.807) is 18.2 Å². The number of ether oxygens (including phenoxy) is 1. The minimum Gasteiger partial charge on any atom is -0.489 e. The Morgan fingerprint density at radius 3 is 2.62 bits per heavy atom. The number of rotatable bonds is 3. The van der Waals surface area contributed by atoms with Gasteiger partial charge in [0.2, 0.25) is 0 Å². The molecule has 0 atom stereocenters. The number of nitrogens with two attached hydrogens (primary N) is 1. The Kier molecular flexibility index (Phi) is 2.90. The topological polar surface area (TPSA) is 52.3 Å². The second-order valence-corrected chi connectivity index (χ2v) is 3.08. The Hall–Kier alpha value is -1.51. The highest BCUT2D eigenvalue weighted by Crippen LogP contribution is 2.22. The second kappa shape index (κ2) is 3.94. The molecule has 2 N–H and O–H groups in total. The van der Waals surface area contributed by atoms with Gasteiger partial charge in [-0.1, -0.05) is 0 Å². The minimum absolute atomic E-state index is 0.0874. The van der Waals surface area contributed by atoms with E-state index in [1.165, 1.54) is 0 Å². The van der Waals surface area contributed by atoms with Crippen LogP contribution in [0.5, 0.6) is 5.75 Å². The first-order valence-corrected chi connectivity index (χ1v) is 4.15. The lowest BCUT2D eigenvalue weighted by Crippen LogP contribution is -2.07. The number of benzene rings is 1. The van der Waals surface area contributed by atoms with Crippen molar-refractivity contribution in [1.29, 1.82) is 0 Å². The van der Waals surface area contributed by atoms with Crippen LogP contribution in [0.15, 0.2) is 18.2 Å². The number of aldehydes is 1. The molecule has 0 aliphatic rings. The Morgan fingerprint density at radius 2 is 2.15 bits per heavy atom. The molecular formula is C10H13NO2. The van der Waals surface area contributed by atoms with Crippen molar-refractivity contribution in [3.05, 3.63) is 23.8 Å². The van der Waals surface area contributed by atoms with Gasteiger partial charge in [-0.25, -0.2) is 0 Å². The summed E-state index contributed by atoms with van der Waals surface area (Å²) in [4.78, 5) is 10.4. The van der Waals surface area contributed by atoms with Crippen LogP contribution < -0.4 is 10.5 Å². The zero-order valence-corrected chi connectivity index (χ0v) is 7.78. The van der Waals surface area contributed by atoms with Crippen molar-refractivity contribution in [1.82, 2.24) is 0 Å². The third-order valence-electron chi connectivity index (χ3n) is 1.53. The molecule has 0 aliphatic heterocycles. The monoisotopic (exact) mass is 179 g/mol. The number of hydrogen-bond acceptors (Lipinski definition) is 3. The summed E-state index contributed by atoms with van der Waals surface area (Å²) in [6.45, 7) is 3.85. The molecule has 1 aromatic rings. The van der Waals surface area contributed by atoms with Gasteiger partial charge in [-0.15, -0.1) is 0 Å². The lowest BCUT2D eigenvalue weighted by atomic mass is 10.2. The molecule has 3 nitrogen and oxygen atoms in total. The number of carbonyl (C=O) groups is 1. The van der Waals surface area contributed by atoms with Gasteiger partial charge < -0.3 is 10.5 Å². The molecule has 0 aromatic heterocycles. The number of anilines is 1. The molecule has 0 aliphatic carbocycles. The van der Waals surface area contributed by atoms with E-state index in [0.717, 1.165) is 6.29 Å². The van der Waals surface area contributed by atoms with Crippen molar-refractivity contribution in [3.8, 4) is 5.75 Å². The minimum atomic E-state index is 0.0874. The van der Waals surface area contributed by atoms with Crippen LogP contribution in [0.1, 0.15) is 24.2 Å². The van der Waals surface area contributed by atoms with Crippen molar-refractivity contribution >= 4 is 12.0 Å². The Labute approximate surface area is 77.5 Å². The molecular weight excluding hydrogens is 166 g/mol. The predicted molar refractivity (Wildman–Crippen MR) is 52.0 cm³/mol. The van der Waals surface area contributed by atoms with Crippen molar-refractivity contribution < 1.29 is 9.53 Å². The average Bonchev–Trinajstić information content (AvgIpc) is 2.08. The SMILES string of the molecule is CC(C)Oc1ccc(C=O)cc1N. The third kappa shape index (κ3) is 2.47. The maximum atomic E-state index is 10.4. The highest BCUT2D eigenvalue weighted by atomic mass is 16.5. The maximum absolute atomic E-state index is 10.4. The van der Waals surface area contributed by atoms with E-state index < -0.39 is 0 Å². The maximum Gasteiger partial charge on any atom is 0.150 e. The molecule has 70 valence electrons. The van der Waals surface area contributed by atoms with Gasteiger partial charge in [0.1, 0.15) is 12.0 Å². The van der Waals surface area contributed by atoms with Gasteiger partial charge in [-0.3, -0.25) is 4.79 Å². The molecule has 0 unspecified atom stereocenters. The lowest BCUT2D eigenvalue weighted by Gasteiger charge is -2.11. The van der Waals surface area contributed by atoms with Crippen LogP contribution >= 0.6 is 0 Å². The van der Waals surface area contributed by atoms with Gasteiger partial charge in [0.15, 0.2) is 0 Å². The first kappa shape index (κ1) is 9.58. The molecule has 3 heteroatoms. The largest absolute Gasteiger partial charge is 0.489 e. The molecule has 0 saturated heterocycles. The fraction of sp³-hybridized carbons (Fsp3) is 0.300. The Bertz CT molecular complexity index is 308. The first-order valence-electron chi connectivity index (χ1n) is 4.15. The molecule has 1 rings (SSSR count). The smallest absolute Gasteiger partial charge is 0.150 e. The van der Waals surface area contributed by atoms with E-state index in [4.69, 9.17) is 10.5 Å². The molecule has 0 heterocycles. The summed E-state index contributed by atoms with van der Waals surface area (Å²) in [5.41, 5.74) is 6.72. The summed E-state index contributed by atoms with van der Waals surface area (Å²) in [6, 6.07) is 4.99. The summed E-state index contributed by atoms with van der Waals surface area (Å²) < 4.78 is 5.40. The van der Waals surface area contributed by atoms with Gasteiger partial charge in [0.25, 0.3) is 0 Å². The standard InChI is InChI=1S/C10H13NO2/c1-7(2)13-10-4-3-8(6-12)5-9(10)11/h3-7H,11H2,1-2H3. The molecule has 1 aromatic carbocycles. The summed E-state index contributed by atoms with van der Waals surface area (Å²) in [5, 5.41) is 0. The Morgan fingerprint density at radius 1 is 1.46 bits per heavy atom. The predicted octanol–water partition coefficient (Wildman–Crippen LogP) is 1.87. The molecule has 0 saturated carbocycles. The van der Waals surface area contributed by atoms with Crippen LogP contribution in [0.2, 0.25) is 0 Å². The molecule has 0 fully saturated rings. The van der Waals surface area contributed by atoms with E-state index in [9.17, 15) is 4.79 Å². The molecule has 0 radical (unpaired) electrons. The zero-order chi connectivity index (χ0) is 9.84. The highest BCUT2D eigenvalue weighted by Gasteiger charge is 2.02. The number of carbonyl (C=O) groups excluding carboxylic acids is 1. The summed E-state index contributed by atoms with van der Waals surface area (Å²) in [6.07, 6.45) is 0.847. The van der Waals surface area contributed by atoms with Crippen LogP contribution in [0.3, 0.4) is 0 Å². The average molecular weight is 179 g/mol. The van der Waals surface area contributed by atoms with Gasteiger partial charge in [0.05, 0.1) is 11.8 Å². The van der Waals surface area contributed by atoms with E-state index in [1.807, 2.05) is 13.8 Å². The first-order chi connectivity index (χ1) is 6.13. The molecule has 0 amide bonds. The summed E-state index contributed by atoms with van der Waals surface area (Å²) in [7, 11) is 0. The third-order valence-corrected chi connectivity index (χ3v) is 1.53. The highest BCUT2D eigenvalue weighted by molar-refractivity contribution is 5.78. The van der Waals surface area contributed by atoms with Gasteiger partial charge >= 0.3 is 0 Å². The van der Waals surface area contributed by atoms with Crippen molar-refractivity contribution in [2.45, 2.75) is 20.0 Å². The van der Waals surface area contributed by atoms with E-state index in [-0.39, 0.29) is 6.10 Å². The quantitative estimate of drug-likeness (QED) is 0.569. The molecule has 0 spiro atoms. The van der Waals surface area contributed by atoms with Crippen molar-refractivity contribution in [3.63, 3.8) is 0 Å². The van der Waals surface area contributed by atoms with Crippen LogP contribution in [-0.2, 0) is 0 Å². The summed E-state index contributed by atoms with van der Waals surface area (Å²) >= 11 is 0. The van der Waals surface area contributed by atoms with Crippen LogP contribution in [0.4, 0.5) is 5.69 Å². The van der Waals surface area contributed by atoms with Crippen LogP contribution in [0.25, 0.3) is 0 Å². The van der Waals surface area contributed by atoms with E-state index >= 15 is 0 Å². The molecule has 0 bridgehead atoms. The fourth-order valence-electron chi connectivity index (χ4n) is 1.00. The van der Waals surface area contributed by atoms with E-state index in [2.05, 4.69) is 0 Å². The van der Waals surface area contributed by atoms with Crippen LogP contribution in [0, 0.1) is 0 Å². The van der Waals surface area contributed by atoms with Gasteiger partial charge in [0, 0.05) is 5.56 Å². The molecule has 13 heavy (non-hydrogen) atoms. The number of nitrogen functional groups attached to an aromatic ring is 1. The van der Waals surface area contributed by atoms with Crippen molar-refractivity contribution in [2.24, 2.45) is 0 Å². The zero-order valence-electron chi connectivity index (χ0n) is 7.78. The van der Waals surface area contributed by atoms with Crippen LogP contribution in [-0.4, -0.2) is 12.4 Å². The lowest BCUT2D eigenvalue weighted by molar-refractivity contribution is 0.112. The second-order valence-electron chi connectivity index (χ2n) is 3.08.